The molecule has 1 unspecified atom stereocenters. The number of anilines is 1. The fraction of sp³-hybridized carbons (Fsp3) is 0.240. The number of Topliss-reactive ketones (excluding diaryl/α,β-unsaturated/α-hetero) is 1. The molecule has 2 aromatic carbocycles. The van der Waals surface area contributed by atoms with E-state index in [4.69, 9.17) is 18.7 Å². The number of carbonyl (C=O) groups is 2. The van der Waals surface area contributed by atoms with Crippen LogP contribution in [0.15, 0.2) is 52.6 Å². The molecule has 34 heavy (non-hydrogen) atoms. The van der Waals surface area contributed by atoms with Crippen LogP contribution in [0.25, 0.3) is 5.76 Å². The molecule has 9 nitrogen and oxygen atoms in total. The van der Waals surface area contributed by atoms with Crippen LogP contribution in [-0.4, -0.2) is 43.3 Å². The van der Waals surface area contributed by atoms with E-state index in [2.05, 4.69) is 5.16 Å². The van der Waals surface area contributed by atoms with Crippen LogP contribution in [0.5, 0.6) is 17.2 Å². The maximum atomic E-state index is 13.2. The Labute approximate surface area is 196 Å². The molecule has 1 aliphatic rings. The van der Waals surface area contributed by atoms with E-state index < -0.39 is 17.7 Å². The van der Waals surface area contributed by atoms with Crippen molar-refractivity contribution in [3.63, 3.8) is 0 Å². The van der Waals surface area contributed by atoms with E-state index in [-0.39, 0.29) is 17.2 Å². The highest BCUT2D eigenvalue weighted by molar-refractivity contribution is 6.51. The summed E-state index contributed by atoms with van der Waals surface area (Å²) in [6, 6.07) is 10.6. The molecule has 176 valence electrons. The number of hydrogen-bond donors (Lipinski definition) is 1. The van der Waals surface area contributed by atoms with Crippen LogP contribution in [0, 0.1) is 13.8 Å². The predicted molar refractivity (Wildman–Crippen MR) is 123 cm³/mol. The van der Waals surface area contributed by atoms with Crippen LogP contribution in [-0.2, 0) is 9.59 Å². The number of amides is 1. The topological polar surface area (TPSA) is 111 Å². The van der Waals surface area contributed by atoms with Gasteiger partial charge >= 0.3 is 5.91 Å². The summed E-state index contributed by atoms with van der Waals surface area (Å²) in [5.74, 6) is 0.149. The second kappa shape index (κ2) is 8.93. The van der Waals surface area contributed by atoms with Crippen molar-refractivity contribution < 1.29 is 33.4 Å². The Kier molecular flexibility index (Phi) is 6.02. The van der Waals surface area contributed by atoms with Crippen molar-refractivity contribution >= 4 is 23.3 Å². The summed E-state index contributed by atoms with van der Waals surface area (Å²) in [5.41, 5.74) is 1.57. The number of ketones is 1. The lowest BCUT2D eigenvalue weighted by atomic mass is 9.94. The Morgan fingerprint density at radius 1 is 0.941 bits per heavy atom. The number of rotatable bonds is 6. The first-order valence-corrected chi connectivity index (χ1v) is 10.4. The first kappa shape index (κ1) is 22.9. The summed E-state index contributed by atoms with van der Waals surface area (Å²) in [6.45, 7) is 3.50. The predicted octanol–water partition coefficient (Wildman–Crippen LogP) is 3.94. The quantitative estimate of drug-likeness (QED) is 0.332. The molecule has 1 saturated heterocycles. The van der Waals surface area contributed by atoms with E-state index in [9.17, 15) is 14.7 Å². The highest BCUT2D eigenvalue weighted by Crippen LogP contribution is 2.44. The second-order valence-electron chi connectivity index (χ2n) is 7.76. The third-order valence-electron chi connectivity index (χ3n) is 5.70. The van der Waals surface area contributed by atoms with Gasteiger partial charge in [-0.3, -0.25) is 14.5 Å². The van der Waals surface area contributed by atoms with Crippen molar-refractivity contribution in [2.45, 2.75) is 19.9 Å². The van der Waals surface area contributed by atoms with Gasteiger partial charge in [-0.2, -0.15) is 0 Å². The van der Waals surface area contributed by atoms with Gasteiger partial charge in [0, 0.05) is 11.6 Å². The van der Waals surface area contributed by atoms with Crippen LogP contribution in [0.1, 0.15) is 28.5 Å². The fourth-order valence-electron chi connectivity index (χ4n) is 4.06. The van der Waals surface area contributed by atoms with Gasteiger partial charge in [-0.1, -0.05) is 11.2 Å². The van der Waals surface area contributed by atoms with Crippen LogP contribution < -0.4 is 19.1 Å². The third kappa shape index (κ3) is 3.75. The number of benzene rings is 2. The number of aliphatic hydroxyl groups excluding tert-OH is 1. The van der Waals surface area contributed by atoms with E-state index in [1.807, 2.05) is 6.92 Å². The third-order valence-corrected chi connectivity index (χ3v) is 5.70. The van der Waals surface area contributed by atoms with Gasteiger partial charge in [-0.15, -0.1) is 0 Å². The minimum atomic E-state index is -0.980. The SMILES string of the molecule is COc1ccc(C(O)=C2C(=O)C(=O)N(c3cc(C)on3)C2c2ccc(OC)c(OC)c2)cc1C. The molecular formula is C25H24N2O7. The molecule has 0 radical (unpaired) electrons. The van der Waals surface area contributed by atoms with E-state index >= 15 is 0 Å². The first-order chi connectivity index (χ1) is 16.3. The Morgan fingerprint density at radius 3 is 2.21 bits per heavy atom. The van der Waals surface area contributed by atoms with Crippen molar-refractivity contribution in [1.29, 1.82) is 0 Å². The molecule has 0 saturated carbocycles. The number of aliphatic hydroxyl groups is 1. The average molecular weight is 464 g/mol. The van der Waals surface area contributed by atoms with Crippen molar-refractivity contribution in [2.75, 3.05) is 26.2 Å². The molecule has 0 aliphatic carbocycles. The standard InChI is InChI=1S/C25H24N2O7/c1-13-10-16(7-8-17(13)31-3)23(28)21-22(15-6-9-18(32-4)19(12-15)33-5)27(25(30)24(21)29)20-11-14(2)34-26-20/h6-12,22,28H,1-5H3. The number of nitrogens with zero attached hydrogens (tertiary/aromatic N) is 2. The van der Waals surface area contributed by atoms with Gasteiger partial charge in [-0.25, -0.2) is 0 Å². The molecule has 1 aromatic heterocycles. The molecule has 3 aromatic rings. The smallest absolute Gasteiger partial charge is 0.301 e. The van der Waals surface area contributed by atoms with Crippen LogP contribution in [0.3, 0.4) is 0 Å². The number of aromatic nitrogens is 1. The number of aryl methyl sites for hydroxylation is 2. The van der Waals surface area contributed by atoms with Gasteiger partial charge in [-0.05, 0) is 55.3 Å². The average Bonchev–Trinajstić information content (AvgIpc) is 3.38. The summed E-state index contributed by atoms with van der Waals surface area (Å²) < 4.78 is 21.2. The Morgan fingerprint density at radius 2 is 1.62 bits per heavy atom. The number of methoxy groups -OCH3 is 3. The number of hydrogen-bond acceptors (Lipinski definition) is 8. The number of carbonyl (C=O) groups excluding carboxylic acids is 2. The Balaban J connectivity index is 1.95. The molecule has 2 heterocycles. The summed E-state index contributed by atoms with van der Waals surface area (Å²) in [5, 5.41) is 15.2. The lowest BCUT2D eigenvalue weighted by Gasteiger charge is -2.23. The Hall–Kier alpha value is -4.27. The van der Waals surface area contributed by atoms with Crippen molar-refractivity contribution in [1.82, 2.24) is 5.16 Å². The molecule has 1 atom stereocenters. The van der Waals surface area contributed by atoms with Crippen LogP contribution in [0.2, 0.25) is 0 Å². The Bertz CT molecular complexity index is 1310. The second-order valence-corrected chi connectivity index (χ2v) is 7.76. The summed E-state index contributed by atoms with van der Waals surface area (Å²) >= 11 is 0. The lowest BCUT2D eigenvalue weighted by molar-refractivity contribution is -0.132. The van der Waals surface area contributed by atoms with Gasteiger partial charge in [0.2, 0.25) is 0 Å². The maximum absolute atomic E-state index is 13.2. The van der Waals surface area contributed by atoms with Gasteiger partial charge in [0.1, 0.15) is 17.3 Å². The first-order valence-electron chi connectivity index (χ1n) is 10.4. The molecule has 9 heteroatoms. The zero-order chi connectivity index (χ0) is 24.6. The van der Waals surface area contributed by atoms with Crippen LogP contribution >= 0.6 is 0 Å². The lowest BCUT2D eigenvalue weighted by Crippen LogP contribution is -2.29. The molecule has 0 spiro atoms. The summed E-state index contributed by atoms with van der Waals surface area (Å²) in [6.07, 6.45) is 0. The van der Waals surface area contributed by atoms with E-state index in [1.54, 1.807) is 56.5 Å². The van der Waals surface area contributed by atoms with E-state index in [1.165, 1.54) is 19.1 Å². The van der Waals surface area contributed by atoms with Crippen molar-refractivity contribution in [3.8, 4) is 17.2 Å². The number of ether oxygens (including phenoxy) is 3. The fourth-order valence-corrected chi connectivity index (χ4v) is 4.06. The largest absolute Gasteiger partial charge is 0.507 e. The zero-order valence-electron chi connectivity index (χ0n) is 19.4. The summed E-state index contributed by atoms with van der Waals surface area (Å²) in [4.78, 5) is 27.6. The van der Waals surface area contributed by atoms with Crippen molar-refractivity contribution in [2.24, 2.45) is 0 Å². The van der Waals surface area contributed by atoms with E-state index in [0.29, 0.717) is 34.1 Å². The zero-order valence-corrected chi connectivity index (χ0v) is 19.4. The maximum Gasteiger partial charge on any atom is 0.301 e. The van der Waals surface area contributed by atoms with Gasteiger partial charge in [0.15, 0.2) is 17.3 Å². The highest BCUT2D eigenvalue weighted by atomic mass is 16.5. The highest BCUT2D eigenvalue weighted by Gasteiger charge is 2.48. The minimum Gasteiger partial charge on any atom is -0.507 e. The van der Waals surface area contributed by atoms with Gasteiger partial charge < -0.3 is 23.8 Å². The monoisotopic (exact) mass is 464 g/mol. The molecular weight excluding hydrogens is 440 g/mol. The molecule has 0 bridgehead atoms. The minimum absolute atomic E-state index is 0.0811. The van der Waals surface area contributed by atoms with E-state index in [0.717, 1.165) is 5.56 Å². The van der Waals surface area contributed by atoms with Gasteiger partial charge in [0.05, 0.1) is 32.9 Å². The molecule has 4 rings (SSSR count). The van der Waals surface area contributed by atoms with Gasteiger partial charge in [0.25, 0.3) is 5.78 Å². The van der Waals surface area contributed by atoms with Crippen molar-refractivity contribution in [3.05, 3.63) is 70.5 Å². The molecule has 1 fully saturated rings. The normalized spacial score (nSPS) is 17.2. The van der Waals surface area contributed by atoms with Crippen LogP contribution in [0.4, 0.5) is 5.82 Å². The molecule has 1 aliphatic heterocycles. The molecule has 1 amide bonds. The summed E-state index contributed by atoms with van der Waals surface area (Å²) in [7, 11) is 4.54. The molecule has 1 N–H and O–H groups in total.